The highest BCUT2D eigenvalue weighted by molar-refractivity contribution is 7.16. The van der Waals surface area contributed by atoms with Crippen molar-refractivity contribution in [2.24, 2.45) is 0 Å². The van der Waals surface area contributed by atoms with Crippen LogP contribution in [0.4, 0.5) is 0 Å². The highest BCUT2D eigenvalue weighted by Gasteiger charge is 2.16. The first-order valence-electron chi connectivity index (χ1n) is 3.86. The quantitative estimate of drug-likeness (QED) is 0.732. The average molecular weight is 225 g/mol. The maximum atomic E-state index is 8.86. The van der Waals surface area contributed by atoms with Crippen molar-refractivity contribution in [2.75, 3.05) is 5.88 Å². The minimum absolute atomic E-state index is 0.222. The van der Waals surface area contributed by atoms with Crippen molar-refractivity contribution in [3.63, 3.8) is 0 Å². The van der Waals surface area contributed by atoms with E-state index in [1.54, 1.807) is 5.51 Å². The van der Waals surface area contributed by atoms with Gasteiger partial charge in [0.2, 0.25) is 0 Å². The molecule has 2 heterocycles. The first kappa shape index (κ1) is 9.31. The fourth-order valence-corrected chi connectivity index (χ4v) is 1.99. The van der Waals surface area contributed by atoms with E-state index in [4.69, 9.17) is 16.9 Å². The van der Waals surface area contributed by atoms with Gasteiger partial charge in [-0.1, -0.05) is 0 Å². The highest BCUT2D eigenvalue weighted by Crippen LogP contribution is 2.23. The molecule has 2 rings (SSSR count). The van der Waals surface area contributed by atoms with Crippen LogP contribution in [0.25, 0.3) is 10.3 Å². The van der Waals surface area contributed by atoms with E-state index < -0.39 is 5.92 Å². The zero-order valence-corrected chi connectivity index (χ0v) is 8.59. The van der Waals surface area contributed by atoms with Gasteiger partial charge in [0.25, 0.3) is 0 Å². The Kier molecular flexibility index (Phi) is 2.57. The largest absolute Gasteiger partial charge is 0.241 e. The smallest absolute Gasteiger partial charge is 0.146 e. The number of thiazole rings is 1. The van der Waals surface area contributed by atoms with Gasteiger partial charge in [0.05, 0.1) is 17.3 Å². The molecule has 1 atom stereocenters. The molecule has 0 fully saturated rings. The van der Waals surface area contributed by atoms with Gasteiger partial charge in [0.15, 0.2) is 0 Å². The van der Waals surface area contributed by atoms with Crippen molar-refractivity contribution in [3.05, 3.63) is 17.5 Å². The molecule has 4 nitrogen and oxygen atoms in total. The predicted octanol–water partition coefficient (Wildman–Crippen LogP) is 1.93. The molecule has 0 aliphatic carbocycles. The molecule has 0 spiro atoms. The summed E-state index contributed by atoms with van der Waals surface area (Å²) in [5, 5.41) is 8.86. The zero-order chi connectivity index (χ0) is 9.97. The number of fused-ring (bicyclic) bond motifs is 1. The summed E-state index contributed by atoms with van der Waals surface area (Å²) in [5.74, 6) is -0.190. The van der Waals surface area contributed by atoms with Gasteiger partial charge in [-0.15, -0.1) is 22.9 Å². The summed E-state index contributed by atoms with van der Waals surface area (Å²) < 4.78 is 0. The molecule has 2 aromatic heterocycles. The molecule has 0 bridgehead atoms. The third-order valence-electron chi connectivity index (χ3n) is 1.80. The molecule has 0 radical (unpaired) electrons. The number of rotatable bonds is 2. The predicted molar refractivity (Wildman–Crippen MR) is 54.3 cm³/mol. The number of nitrogens with zero attached hydrogens (tertiary/aromatic N) is 4. The van der Waals surface area contributed by atoms with Crippen molar-refractivity contribution >= 4 is 33.3 Å². The second-order valence-electron chi connectivity index (χ2n) is 2.60. The van der Waals surface area contributed by atoms with Crippen LogP contribution < -0.4 is 0 Å². The lowest BCUT2D eigenvalue weighted by molar-refractivity contribution is 0.926. The SMILES string of the molecule is N#CC(CCl)c1ncnc2scnc12. The van der Waals surface area contributed by atoms with Crippen LogP contribution in [0.2, 0.25) is 0 Å². The summed E-state index contributed by atoms with van der Waals surface area (Å²) in [6.45, 7) is 0. The Labute approximate surface area is 89.2 Å². The summed E-state index contributed by atoms with van der Waals surface area (Å²) in [5.41, 5.74) is 2.99. The van der Waals surface area contributed by atoms with Crippen molar-refractivity contribution in [2.45, 2.75) is 5.92 Å². The number of hydrogen-bond donors (Lipinski definition) is 0. The second kappa shape index (κ2) is 3.86. The monoisotopic (exact) mass is 224 g/mol. The van der Waals surface area contributed by atoms with E-state index >= 15 is 0 Å². The van der Waals surface area contributed by atoms with Crippen LogP contribution in [-0.2, 0) is 0 Å². The molecule has 0 aliphatic heterocycles. The maximum absolute atomic E-state index is 8.86. The Balaban J connectivity index is 2.62. The molecular weight excluding hydrogens is 220 g/mol. The van der Waals surface area contributed by atoms with Gasteiger partial charge in [-0.05, 0) is 0 Å². The summed E-state index contributed by atoms with van der Waals surface area (Å²) in [4.78, 5) is 13.0. The zero-order valence-electron chi connectivity index (χ0n) is 7.01. The molecular formula is C8H5ClN4S. The molecule has 0 saturated carbocycles. The molecule has 0 saturated heterocycles. The van der Waals surface area contributed by atoms with Crippen LogP contribution in [0, 0.1) is 11.3 Å². The number of nitriles is 1. The van der Waals surface area contributed by atoms with Gasteiger partial charge in [-0.25, -0.2) is 15.0 Å². The number of hydrogen-bond acceptors (Lipinski definition) is 5. The number of halogens is 1. The Morgan fingerprint density at radius 2 is 2.36 bits per heavy atom. The van der Waals surface area contributed by atoms with Crippen LogP contribution >= 0.6 is 22.9 Å². The number of alkyl halides is 1. The van der Waals surface area contributed by atoms with Crippen molar-refractivity contribution in [3.8, 4) is 6.07 Å². The van der Waals surface area contributed by atoms with E-state index in [1.165, 1.54) is 17.7 Å². The lowest BCUT2D eigenvalue weighted by atomic mass is 10.1. The fraction of sp³-hybridized carbons (Fsp3) is 0.250. The van der Waals surface area contributed by atoms with E-state index in [-0.39, 0.29) is 5.88 Å². The Morgan fingerprint density at radius 3 is 3.07 bits per heavy atom. The fourth-order valence-electron chi connectivity index (χ4n) is 1.14. The highest BCUT2D eigenvalue weighted by atomic mass is 35.5. The van der Waals surface area contributed by atoms with Crippen molar-refractivity contribution in [1.82, 2.24) is 15.0 Å². The lowest BCUT2D eigenvalue weighted by Gasteiger charge is -2.03. The van der Waals surface area contributed by atoms with Gasteiger partial charge < -0.3 is 0 Å². The first-order chi connectivity index (χ1) is 6.86. The Bertz CT molecular complexity index is 489. The molecule has 70 valence electrons. The van der Waals surface area contributed by atoms with Crippen LogP contribution in [0.5, 0.6) is 0 Å². The minimum Gasteiger partial charge on any atom is -0.241 e. The van der Waals surface area contributed by atoms with E-state index in [0.29, 0.717) is 11.2 Å². The van der Waals surface area contributed by atoms with Gasteiger partial charge in [0.1, 0.15) is 22.6 Å². The summed E-state index contributed by atoms with van der Waals surface area (Å²) in [6.07, 6.45) is 1.44. The first-order valence-corrected chi connectivity index (χ1v) is 5.28. The lowest BCUT2D eigenvalue weighted by Crippen LogP contribution is -2.01. The molecule has 14 heavy (non-hydrogen) atoms. The van der Waals surface area contributed by atoms with Crippen molar-refractivity contribution in [1.29, 1.82) is 5.26 Å². The standard InChI is InChI=1S/C8H5ClN4S/c9-1-5(2-10)6-7-8(12-3-11-6)14-4-13-7/h3-5H,1H2. The van der Waals surface area contributed by atoms with Crippen molar-refractivity contribution < 1.29 is 0 Å². The van der Waals surface area contributed by atoms with Gasteiger partial charge >= 0.3 is 0 Å². The molecule has 0 amide bonds. The molecule has 0 aromatic carbocycles. The van der Waals surface area contributed by atoms with Crippen LogP contribution in [0.1, 0.15) is 11.6 Å². The molecule has 1 unspecified atom stereocenters. The molecule has 0 aliphatic rings. The molecule has 0 N–H and O–H groups in total. The number of aromatic nitrogens is 3. The van der Waals surface area contributed by atoms with E-state index in [2.05, 4.69) is 21.0 Å². The second-order valence-corrected chi connectivity index (χ2v) is 3.74. The third-order valence-corrected chi connectivity index (χ3v) is 2.84. The minimum atomic E-state index is -0.413. The average Bonchev–Trinajstić information content (AvgIpc) is 2.68. The topological polar surface area (TPSA) is 62.5 Å². The molecule has 2 aromatic rings. The normalized spacial score (nSPS) is 12.6. The van der Waals surface area contributed by atoms with Crippen LogP contribution in [0.15, 0.2) is 11.8 Å². The Morgan fingerprint density at radius 1 is 1.50 bits per heavy atom. The maximum Gasteiger partial charge on any atom is 0.146 e. The van der Waals surface area contributed by atoms with E-state index in [0.717, 1.165) is 4.83 Å². The van der Waals surface area contributed by atoms with Crippen LogP contribution in [-0.4, -0.2) is 20.8 Å². The van der Waals surface area contributed by atoms with Crippen LogP contribution in [0.3, 0.4) is 0 Å². The van der Waals surface area contributed by atoms with Gasteiger partial charge in [-0.3, -0.25) is 0 Å². The van der Waals surface area contributed by atoms with Gasteiger partial charge in [-0.2, -0.15) is 5.26 Å². The summed E-state index contributed by atoms with van der Waals surface area (Å²) >= 11 is 7.09. The molecule has 6 heteroatoms. The third kappa shape index (κ3) is 1.43. The summed E-state index contributed by atoms with van der Waals surface area (Å²) in [7, 11) is 0. The van der Waals surface area contributed by atoms with Gasteiger partial charge in [0, 0.05) is 5.88 Å². The summed E-state index contributed by atoms with van der Waals surface area (Å²) in [6, 6.07) is 2.09. The Hall–Kier alpha value is -1.25. The van der Waals surface area contributed by atoms with E-state index in [1.807, 2.05) is 0 Å². The van der Waals surface area contributed by atoms with E-state index in [9.17, 15) is 0 Å².